The van der Waals surface area contributed by atoms with E-state index in [4.69, 9.17) is 5.11 Å². The van der Waals surface area contributed by atoms with Crippen molar-refractivity contribution in [3.8, 4) is 0 Å². The van der Waals surface area contributed by atoms with Crippen LogP contribution in [0.3, 0.4) is 0 Å². The van der Waals surface area contributed by atoms with Crippen molar-refractivity contribution >= 4 is 11.8 Å². The van der Waals surface area contributed by atoms with Crippen molar-refractivity contribution in [2.45, 2.75) is 32.7 Å². The van der Waals surface area contributed by atoms with E-state index in [1.165, 1.54) is 0 Å². The second-order valence-corrected chi connectivity index (χ2v) is 3.75. The standard InChI is InChI=1S/C11H20N4O/c1-3-6-12-11-13-7-4-10(15-11)14-9(2)5-8-16/h4,7,9,16H,3,5-6,8H2,1-2H3,(H2,12,13,14,15). The lowest BCUT2D eigenvalue weighted by molar-refractivity contribution is 0.282. The molecule has 1 rings (SSSR count). The summed E-state index contributed by atoms with van der Waals surface area (Å²) in [6, 6.07) is 2.03. The number of nitrogens with zero attached hydrogens (tertiary/aromatic N) is 2. The Bertz CT molecular complexity index is 306. The molecule has 3 N–H and O–H groups in total. The first kappa shape index (κ1) is 12.7. The molecule has 0 aromatic carbocycles. The van der Waals surface area contributed by atoms with Crippen molar-refractivity contribution < 1.29 is 5.11 Å². The highest BCUT2D eigenvalue weighted by molar-refractivity contribution is 5.40. The van der Waals surface area contributed by atoms with Crippen LogP contribution in [-0.2, 0) is 0 Å². The number of hydrogen-bond acceptors (Lipinski definition) is 5. The minimum absolute atomic E-state index is 0.181. The van der Waals surface area contributed by atoms with E-state index in [2.05, 4.69) is 27.5 Å². The van der Waals surface area contributed by atoms with Crippen LogP contribution in [0.1, 0.15) is 26.7 Å². The predicted octanol–water partition coefficient (Wildman–Crippen LogP) is 1.48. The normalized spacial score (nSPS) is 12.2. The lowest BCUT2D eigenvalue weighted by atomic mass is 10.2. The third-order valence-electron chi connectivity index (χ3n) is 2.15. The van der Waals surface area contributed by atoms with Crippen molar-refractivity contribution in [2.24, 2.45) is 0 Å². The number of rotatable bonds is 7. The van der Waals surface area contributed by atoms with Crippen LogP contribution in [0, 0.1) is 0 Å². The highest BCUT2D eigenvalue weighted by Crippen LogP contribution is 2.08. The van der Waals surface area contributed by atoms with Gasteiger partial charge in [0.15, 0.2) is 0 Å². The van der Waals surface area contributed by atoms with E-state index in [-0.39, 0.29) is 12.6 Å². The lowest BCUT2D eigenvalue weighted by Gasteiger charge is -2.13. The van der Waals surface area contributed by atoms with Gasteiger partial charge in [0, 0.05) is 25.4 Å². The summed E-state index contributed by atoms with van der Waals surface area (Å²) < 4.78 is 0. The summed E-state index contributed by atoms with van der Waals surface area (Å²) in [4.78, 5) is 8.44. The van der Waals surface area contributed by atoms with Crippen LogP contribution < -0.4 is 10.6 Å². The average Bonchev–Trinajstić information content (AvgIpc) is 2.27. The van der Waals surface area contributed by atoms with Gasteiger partial charge in [0.1, 0.15) is 5.82 Å². The van der Waals surface area contributed by atoms with Crippen molar-refractivity contribution in [2.75, 3.05) is 23.8 Å². The zero-order valence-corrected chi connectivity index (χ0v) is 9.90. The van der Waals surface area contributed by atoms with Gasteiger partial charge in [-0.05, 0) is 25.8 Å². The lowest BCUT2D eigenvalue weighted by Crippen LogP contribution is -2.18. The predicted molar refractivity (Wildman–Crippen MR) is 65.6 cm³/mol. The third-order valence-corrected chi connectivity index (χ3v) is 2.15. The van der Waals surface area contributed by atoms with Crippen LogP contribution in [0.25, 0.3) is 0 Å². The van der Waals surface area contributed by atoms with Crippen molar-refractivity contribution in [3.05, 3.63) is 12.3 Å². The Labute approximate surface area is 96.3 Å². The van der Waals surface area contributed by atoms with E-state index < -0.39 is 0 Å². The number of aromatic nitrogens is 2. The van der Waals surface area contributed by atoms with Gasteiger partial charge in [-0.15, -0.1) is 0 Å². The summed E-state index contributed by atoms with van der Waals surface area (Å²) in [6.07, 6.45) is 3.47. The molecule has 0 aliphatic rings. The van der Waals surface area contributed by atoms with Gasteiger partial charge in [0.05, 0.1) is 0 Å². The van der Waals surface area contributed by atoms with Crippen molar-refractivity contribution in [1.29, 1.82) is 0 Å². The Morgan fingerprint density at radius 2 is 2.31 bits per heavy atom. The molecule has 1 heterocycles. The molecule has 1 atom stereocenters. The van der Waals surface area contributed by atoms with Crippen LogP contribution in [-0.4, -0.2) is 34.3 Å². The maximum Gasteiger partial charge on any atom is 0.224 e. The number of anilines is 2. The number of hydrogen-bond donors (Lipinski definition) is 3. The smallest absolute Gasteiger partial charge is 0.224 e. The molecule has 0 spiro atoms. The molecule has 5 nitrogen and oxygen atoms in total. The zero-order chi connectivity index (χ0) is 11.8. The fourth-order valence-corrected chi connectivity index (χ4v) is 1.28. The van der Waals surface area contributed by atoms with Gasteiger partial charge in [-0.2, -0.15) is 4.98 Å². The van der Waals surface area contributed by atoms with Crippen molar-refractivity contribution in [1.82, 2.24) is 9.97 Å². The zero-order valence-electron chi connectivity index (χ0n) is 9.90. The van der Waals surface area contributed by atoms with E-state index in [9.17, 15) is 0 Å². The quantitative estimate of drug-likeness (QED) is 0.654. The first-order valence-corrected chi connectivity index (χ1v) is 5.70. The van der Waals surface area contributed by atoms with Crippen LogP contribution in [0.15, 0.2) is 12.3 Å². The van der Waals surface area contributed by atoms with Crippen LogP contribution >= 0.6 is 0 Å². The fraction of sp³-hybridized carbons (Fsp3) is 0.636. The second kappa shape index (κ2) is 7.00. The number of aliphatic hydroxyl groups excluding tert-OH is 1. The summed E-state index contributed by atoms with van der Waals surface area (Å²) in [6.45, 7) is 5.16. The minimum Gasteiger partial charge on any atom is -0.396 e. The van der Waals surface area contributed by atoms with Crippen LogP contribution in [0.5, 0.6) is 0 Å². The molecule has 0 bridgehead atoms. The second-order valence-electron chi connectivity index (χ2n) is 3.75. The van der Waals surface area contributed by atoms with E-state index in [0.717, 1.165) is 18.8 Å². The average molecular weight is 224 g/mol. The Balaban J connectivity index is 2.52. The molecular formula is C11H20N4O. The summed E-state index contributed by atoms with van der Waals surface area (Å²) in [7, 11) is 0. The highest BCUT2D eigenvalue weighted by atomic mass is 16.3. The molecule has 1 unspecified atom stereocenters. The fourth-order valence-electron chi connectivity index (χ4n) is 1.28. The minimum atomic E-state index is 0.181. The first-order chi connectivity index (χ1) is 7.76. The molecule has 16 heavy (non-hydrogen) atoms. The maximum atomic E-state index is 8.80. The molecule has 0 radical (unpaired) electrons. The molecular weight excluding hydrogens is 204 g/mol. The third kappa shape index (κ3) is 4.44. The molecule has 0 fully saturated rings. The van der Waals surface area contributed by atoms with E-state index in [1.807, 2.05) is 13.0 Å². The molecule has 5 heteroatoms. The van der Waals surface area contributed by atoms with Crippen molar-refractivity contribution in [3.63, 3.8) is 0 Å². The molecule has 90 valence electrons. The SMILES string of the molecule is CCCNc1nccc(NC(C)CCO)n1. The molecule has 1 aromatic rings. The van der Waals surface area contributed by atoms with Gasteiger partial charge in [-0.25, -0.2) is 4.98 Å². The Kier molecular flexibility index (Phi) is 5.56. The van der Waals surface area contributed by atoms with Gasteiger partial charge in [-0.1, -0.05) is 6.92 Å². The van der Waals surface area contributed by atoms with E-state index in [1.54, 1.807) is 6.20 Å². The Hall–Kier alpha value is -1.36. The first-order valence-electron chi connectivity index (χ1n) is 5.70. The van der Waals surface area contributed by atoms with Crippen LogP contribution in [0.4, 0.5) is 11.8 Å². The molecule has 0 saturated carbocycles. The maximum absolute atomic E-state index is 8.80. The van der Waals surface area contributed by atoms with Gasteiger partial charge in [0.25, 0.3) is 0 Å². The van der Waals surface area contributed by atoms with Gasteiger partial charge in [0.2, 0.25) is 5.95 Å². The summed E-state index contributed by atoms with van der Waals surface area (Å²) in [5.41, 5.74) is 0. The molecule has 1 aromatic heterocycles. The molecule has 0 aliphatic heterocycles. The van der Waals surface area contributed by atoms with E-state index >= 15 is 0 Å². The Morgan fingerprint density at radius 1 is 1.50 bits per heavy atom. The number of aliphatic hydroxyl groups is 1. The number of nitrogens with one attached hydrogen (secondary N) is 2. The topological polar surface area (TPSA) is 70.1 Å². The molecule has 0 saturated heterocycles. The Morgan fingerprint density at radius 3 is 3.00 bits per heavy atom. The summed E-state index contributed by atoms with van der Waals surface area (Å²) in [5.74, 6) is 1.43. The summed E-state index contributed by atoms with van der Waals surface area (Å²) >= 11 is 0. The van der Waals surface area contributed by atoms with Gasteiger partial charge in [-0.3, -0.25) is 0 Å². The van der Waals surface area contributed by atoms with Crippen LogP contribution in [0.2, 0.25) is 0 Å². The largest absolute Gasteiger partial charge is 0.396 e. The molecule has 0 amide bonds. The van der Waals surface area contributed by atoms with E-state index in [0.29, 0.717) is 12.4 Å². The monoisotopic (exact) mass is 224 g/mol. The summed E-state index contributed by atoms with van der Waals surface area (Å²) in [5, 5.41) is 15.1. The molecule has 0 aliphatic carbocycles. The van der Waals surface area contributed by atoms with Gasteiger partial charge >= 0.3 is 0 Å². The highest BCUT2D eigenvalue weighted by Gasteiger charge is 2.03. The van der Waals surface area contributed by atoms with Gasteiger partial charge < -0.3 is 15.7 Å².